The second-order valence-electron chi connectivity index (χ2n) is 7.44. The molecule has 1 amide bonds. The largest absolute Gasteiger partial charge is 0.352 e. The van der Waals surface area contributed by atoms with Crippen molar-refractivity contribution in [3.63, 3.8) is 0 Å². The van der Waals surface area contributed by atoms with Gasteiger partial charge in [-0.1, -0.05) is 24.3 Å². The van der Waals surface area contributed by atoms with E-state index in [-0.39, 0.29) is 11.5 Å². The molecule has 4 rings (SSSR count). The molecular weight excluding hydrogens is 326 g/mol. The molecule has 0 unspecified atom stereocenters. The van der Waals surface area contributed by atoms with Crippen LogP contribution in [0.5, 0.6) is 0 Å². The fourth-order valence-corrected chi connectivity index (χ4v) is 4.12. The summed E-state index contributed by atoms with van der Waals surface area (Å²) in [5, 5.41) is 0. The Labute approximate surface area is 154 Å². The van der Waals surface area contributed by atoms with Crippen molar-refractivity contribution in [2.45, 2.75) is 31.1 Å². The third-order valence-corrected chi connectivity index (χ3v) is 5.56. The van der Waals surface area contributed by atoms with E-state index >= 15 is 0 Å². The van der Waals surface area contributed by atoms with E-state index in [4.69, 9.17) is 4.74 Å². The van der Waals surface area contributed by atoms with E-state index in [2.05, 4.69) is 34.1 Å². The normalized spacial score (nSPS) is 21.5. The molecule has 1 saturated heterocycles. The van der Waals surface area contributed by atoms with Crippen LogP contribution >= 0.6 is 0 Å². The summed E-state index contributed by atoms with van der Waals surface area (Å²) in [7, 11) is 3.58. The number of fused-ring (bicyclic) bond motifs is 2. The number of likely N-dealkylation sites (N-methyl/N-ethyl adjacent to an activating group) is 1. The molecule has 2 aliphatic rings. The van der Waals surface area contributed by atoms with E-state index in [0.717, 1.165) is 38.0 Å². The Hall–Kier alpha value is -2.24. The number of pyridine rings is 1. The zero-order valence-electron chi connectivity index (χ0n) is 15.4. The smallest absolute Gasteiger partial charge is 0.255 e. The Morgan fingerprint density at radius 1 is 1.19 bits per heavy atom. The lowest BCUT2D eigenvalue weighted by Crippen LogP contribution is -2.43. The maximum absolute atomic E-state index is 12.6. The topological polar surface area (TPSA) is 45.7 Å². The Bertz CT molecular complexity index is 783. The molecule has 0 N–H and O–H groups in total. The van der Waals surface area contributed by atoms with Crippen molar-refractivity contribution in [2.24, 2.45) is 0 Å². The molecule has 0 aliphatic carbocycles. The standard InChI is InChI=1S/C21H25N3O2/c1-23(2)20(25)19-17-5-3-4-6-18(17)21(26-19)9-13-24(14-10-21)15-16-7-11-22-12-8-16/h3-8,11-12,19H,9-10,13-15H2,1-2H3/t19-/m1/s1. The first-order valence-electron chi connectivity index (χ1n) is 9.19. The molecule has 1 spiro atoms. The second kappa shape index (κ2) is 6.82. The van der Waals surface area contributed by atoms with E-state index in [1.165, 1.54) is 11.1 Å². The summed E-state index contributed by atoms with van der Waals surface area (Å²) in [6, 6.07) is 12.4. The Morgan fingerprint density at radius 3 is 2.58 bits per heavy atom. The molecule has 5 heteroatoms. The van der Waals surface area contributed by atoms with Gasteiger partial charge in [-0.15, -0.1) is 0 Å². The van der Waals surface area contributed by atoms with E-state index < -0.39 is 6.10 Å². The number of ether oxygens (including phenoxy) is 1. The van der Waals surface area contributed by atoms with Gasteiger partial charge in [-0.05, 0) is 41.7 Å². The molecule has 5 nitrogen and oxygen atoms in total. The van der Waals surface area contributed by atoms with E-state index in [1.807, 2.05) is 24.5 Å². The lowest BCUT2D eigenvalue weighted by molar-refractivity contribution is -0.158. The molecule has 3 heterocycles. The number of hydrogen-bond donors (Lipinski definition) is 0. The van der Waals surface area contributed by atoms with Crippen LogP contribution in [0.25, 0.3) is 0 Å². The summed E-state index contributed by atoms with van der Waals surface area (Å²) in [4.78, 5) is 20.8. The predicted molar refractivity (Wildman–Crippen MR) is 99.4 cm³/mol. The van der Waals surface area contributed by atoms with Crippen molar-refractivity contribution >= 4 is 5.91 Å². The van der Waals surface area contributed by atoms with Crippen molar-refractivity contribution in [2.75, 3.05) is 27.2 Å². The highest BCUT2D eigenvalue weighted by Gasteiger charge is 2.48. The minimum absolute atomic E-state index is 0.0218. The molecule has 2 aromatic rings. The fraction of sp³-hybridized carbons (Fsp3) is 0.429. The zero-order chi connectivity index (χ0) is 18.1. The van der Waals surface area contributed by atoms with Gasteiger partial charge in [-0.2, -0.15) is 0 Å². The van der Waals surface area contributed by atoms with Crippen LogP contribution in [0, 0.1) is 0 Å². The van der Waals surface area contributed by atoms with Crippen LogP contribution in [0.4, 0.5) is 0 Å². The van der Waals surface area contributed by atoms with Crippen LogP contribution in [0.15, 0.2) is 48.8 Å². The third-order valence-electron chi connectivity index (χ3n) is 5.56. The monoisotopic (exact) mass is 351 g/mol. The lowest BCUT2D eigenvalue weighted by atomic mass is 9.83. The van der Waals surface area contributed by atoms with Gasteiger partial charge in [-0.25, -0.2) is 0 Å². The highest BCUT2D eigenvalue weighted by atomic mass is 16.5. The van der Waals surface area contributed by atoms with Gasteiger partial charge in [0.05, 0.1) is 5.60 Å². The summed E-state index contributed by atoms with van der Waals surface area (Å²) in [6.45, 7) is 2.85. The number of amides is 1. The van der Waals surface area contributed by atoms with Crippen molar-refractivity contribution in [3.05, 3.63) is 65.5 Å². The van der Waals surface area contributed by atoms with Crippen LogP contribution in [-0.4, -0.2) is 47.9 Å². The molecule has 1 atom stereocenters. The van der Waals surface area contributed by atoms with Crippen molar-refractivity contribution in [1.82, 2.24) is 14.8 Å². The third kappa shape index (κ3) is 3.02. The first-order chi connectivity index (χ1) is 12.6. The highest BCUT2D eigenvalue weighted by molar-refractivity contribution is 5.83. The van der Waals surface area contributed by atoms with Crippen LogP contribution in [-0.2, 0) is 21.7 Å². The highest BCUT2D eigenvalue weighted by Crippen LogP contribution is 2.49. The van der Waals surface area contributed by atoms with Crippen LogP contribution in [0.3, 0.4) is 0 Å². The number of piperidine rings is 1. The van der Waals surface area contributed by atoms with Crippen molar-refractivity contribution < 1.29 is 9.53 Å². The average molecular weight is 351 g/mol. The minimum atomic E-state index is -0.479. The number of carbonyl (C=O) groups excluding carboxylic acids is 1. The molecule has 1 aromatic heterocycles. The van der Waals surface area contributed by atoms with Gasteiger partial charge in [0.15, 0.2) is 6.10 Å². The summed E-state index contributed by atoms with van der Waals surface area (Å²) in [6.07, 6.45) is 5.02. The quantitative estimate of drug-likeness (QED) is 0.853. The molecule has 1 aromatic carbocycles. The van der Waals surface area contributed by atoms with E-state index in [1.54, 1.807) is 19.0 Å². The minimum Gasteiger partial charge on any atom is -0.352 e. The molecule has 0 saturated carbocycles. The number of benzene rings is 1. The Morgan fingerprint density at radius 2 is 1.88 bits per heavy atom. The van der Waals surface area contributed by atoms with Gasteiger partial charge >= 0.3 is 0 Å². The average Bonchev–Trinajstić information content (AvgIpc) is 2.98. The Kier molecular flexibility index (Phi) is 4.51. The van der Waals surface area contributed by atoms with Gasteiger partial charge in [0.2, 0.25) is 0 Å². The van der Waals surface area contributed by atoms with Gasteiger partial charge in [0, 0.05) is 46.1 Å². The predicted octanol–water partition coefficient (Wildman–Crippen LogP) is 2.73. The molecular formula is C21H25N3O2. The lowest BCUT2D eigenvalue weighted by Gasteiger charge is -2.39. The molecule has 1 fully saturated rings. The van der Waals surface area contributed by atoms with Gasteiger partial charge in [0.1, 0.15) is 0 Å². The maximum atomic E-state index is 12.6. The van der Waals surface area contributed by atoms with Gasteiger partial charge in [-0.3, -0.25) is 14.7 Å². The number of hydrogen-bond acceptors (Lipinski definition) is 4. The van der Waals surface area contributed by atoms with E-state index in [0.29, 0.717) is 0 Å². The number of rotatable bonds is 3. The Balaban J connectivity index is 1.52. The summed E-state index contributed by atoms with van der Waals surface area (Å²) >= 11 is 0. The molecule has 26 heavy (non-hydrogen) atoms. The van der Waals surface area contributed by atoms with Crippen molar-refractivity contribution in [1.29, 1.82) is 0 Å². The second-order valence-corrected chi connectivity index (χ2v) is 7.44. The first-order valence-corrected chi connectivity index (χ1v) is 9.19. The summed E-state index contributed by atoms with van der Waals surface area (Å²) in [5.74, 6) is 0.0218. The van der Waals surface area contributed by atoms with Crippen LogP contribution < -0.4 is 0 Å². The molecule has 0 bridgehead atoms. The first kappa shape index (κ1) is 17.2. The number of aromatic nitrogens is 1. The summed E-state index contributed by atoms with van der Waals surface area (Å²) in [5.41, 5.74) is 3.18. The van der Waals surface area contributed by atoms with Crippen molar-refractivity contribution in [3.8, 4) is 0 Å². The molecule has 2 aliphatic heterocycles. The molecule has 136 valence electrons. The SMILES string of the molecule is CN(C)C(=O)[C@@H]1OC2(CCN(Cc3ccncc3)CC2)c2ccccc21. The number of nitrogens with zero attached hydrogens (tertiary/aromatic N) is 3. The number of likely N-dealkylation sites (tertiary alicyclic amines) is 1. The maximum Gasteiger partial charge on any atom is 0.255 e. The van der Waals surface area contributed by atoms with Gasteiger partial charge in [0.25, 0.3) is 5.91 Å². The fourth-order valence-electron chi connectivity index (χ4n) is 4.12. The molecule has 0 radical (unpaired) electrons. The number of carbonyl (C=O) groups is 1. The zero-order valence-corrected chi connectivity index (χ0v) is 15.4. The van der Waals surface area contributed by atoms with E-state index in [9.17, 15) is 4.79 Å². The summed E-state index contributed by atoms with van der Waals surface area (Å²) < 4.78 is 6.45. The van der Waals surface area contributed by atoms with Crippen LogP contribution in [0.1, 0.15) is 35.6 Å². The van der Waals surface area contributed by atoms with Crippen LogP contribution in [0.2, 0.25) is 0 Å². The van der Waals surface area contributed by atoms with Gasteiger partial charge < -0.3 is 9.64 Å².